The molecule has 0 spiro atoms. The molecule has 0 aliphatic rings. The Bertz CT molecular complexity index is 592. The molecule has 0 radical (unpaired) electrons. The van der Waals surface area contributed by atoms with E-state index in [1.165, 1.54) is 0 Å². The van der Waals surface area contributed by atoms with Crippen LogP contribution in [0, 0.1) is 18.3 Å². The van der Waals surface area contributed by atoms with Gasteiger partial charge >= 0.3 is 0 Å². The van der Waals surface area contributed by atoms with Crippen molar-refractivity contribution in [3.8, 4) is 17.2 Å². The van der Waals surface area contributed by atoms with Crippen LogP contribution >= 0.6 is 23.2 Å². The van der Waals surface area contributed by atoms with Crippen LogP contribution in [0.5, 0.6) is 0 Å². The summed E-state index contributed by atoms with van der Waals surface area (Å²) in [6.07, 6.45) is 0. The molecule has 17 heavy (non-hydrogen) atoms. The standard InChI is InChI=1S/C14H9Cl2N/c1-9-3-2-4-12(15)14(9)11-6-5-10(8-17)7-13(11)16/h2-7H,1H3. The van der Waals surface area contributed by atoms with Crippen LogP contribution in [0.3, 0.4) is 0 Å². The number of nitrogens with zero attached hydrogens (tertiary/aromatic N) is 1. The molecule has 0 aliphatic carbocycles. The highest BCUT2D eigenvalue weighted by Gasteiger charge is 2.10. The highest BCUT2D eigenvalue weighted by molar-refractivity contribution is 6.36. The van der Waals surface area contributed by atoms with Gasteiger partial charge in [-0.3, -0.25) is 0 Å². The molecule has 3 heteroatoms. The molecule has 0 aromatic heterocycles. The Hall–Kier alpha value is -1.49. The second-order valence-corrected chi connectivity index (χ2v) is 4.55. The number of aryl methyl sites for hydroxylation is 1. The van der Waals surface area contributed by atoms with Crippen LogP contribution in [0.15, 0.2) is 36.4 Å². The summed E-state index contributed by atoms with van der Waals surface area (Å²) in [7, 11) is 0. The van der Waals surface area contributed by atoms with Gasteiger partial charge in [-0.2, -0.15) is 5.26 Å². The Morgan fingerprint density at radius 2 is 1.82 bits per heavy atom. The minimum Gasteiger partial charge on any atom is -0.192 e. The fourth-order valence-corrected chi connectivity index (χ4v) is 2.36. The molecule has 0 bridgehead atoms. The van der Waals surface area contributed by atoms with E-state index in [1.54, 1.807) is 12.1 Å². The summed E-state index contributed by atoms with van der Waals surface area (Å²) in [5.74, 6) is 0. The van der Waals surface area contributed by atoms with Gasteiger partial charge in [0.1, 0.15) is 0 Å². The average Bonchev–Trinajstić information content (AvgIpc) is 2.30. The molecule has 0 saturated carbocycles. The Labute approximate surface area is 110 Å². The third kappa shape index (κ3) is 2.29. The van der Waals surface area contributed by atoms with Crippen LogP contribution in [-0.2, 0) is 0 Å². The number of benzene rings is 2. The van der Waals surface area contributed by atoms with Crippen molar-refractivity contribution in [1.82, 2.24) is 0 Å². The molecule has 1 nitrogen and oxygen atoms in total. The quantitative estimate of drug-likeness (QED) is 0.721. The van der Waals surface area contributed by atoms with Gasteiger partial charge in [0.25, 0.3) is 0 Å². The zero-order valence-electron chi connectivity index (χ0n) is 9.17. The first-order valence-corrected chi connectivity index (χ1v) is 5.84. The Kier molecular flexibility index (Phi) is 3.38. The average molecular weight is 262 g/mol. The van der Waals surface area contributed by atoms with E-state index >= 15 is 0 Å². The molecule has 0 N–H and O–H groups in total. The van der Waals surface area contributed by atoms with E-state index in [0.29, 0.717) is 15.6 Å². The van der Waals surface area contributed by atoms with E-state index in [2.05, 4.69) is 6.07 Å². The molecule has 0 amide bonds. The van der Waals surface area contributed by atoms with E-state index in [0.717, 1.165) is 16.7 Å². The van der Waals surface area contributed by atoms with Crippen molar-refractivity contribution in [2.45, 2.75) is 6.92 Å². The fourth-order valence-electron chi connectivity index (χ4n) is 1.76. The van der Waals surface area contributed by atoms with E-state index in [1.807, 2.05) is 31.2 Å². The van der Waals surface area contributed by atoms with Gasteiger partial charge in [-0.05, 0) is 30.7 Å². The lowest BCUT2D eigenvalue weighted by Gasteiger charge is -2.10. The fraction of sp³-hybridized carbons (Fsp3) is 0.0714. The predicted octanol–water partition coefficient (Wildman–Crippen LogP) is 4.84. The zero-order chi connectivity index (χ0) is 12.4. The first-order chi connectivity index (χ1) is 8.13. The second kappa shape index (κ2) is 4.79. The van der Waals surface area contributed by atoms with Gasteiger partial charge < -0.3 is 0 Å². The number of nitriles is 1. The lowest BCUT2D eigenvalue weighted by Crippen LogP contribution is -1.87. The van der Waals surface area contributed by atoms with E-state index < -0.39 is 0 Å². The maximum atomic E-state index is 8.80. The molecule has 2 aromatic carbocycles. The van der Waals surface area contributed by atoms with Gasteiger partial charge in [0.05, 0.1) is 11.6 Å². The summed E-state index contributed by atoms with van der Waals surface area (Å²) in [5, 5.41) is 10.0. The Morgan fingerprint density at radius 3 is 2.41 bits per heavy atom. The smallest absolute Gasteiger partial charge is 0.0992 e. The first kappa shape index (κ1) is 12.0. The zero-order valence-corrected chi connectivity index (χ0v) is 10.7. The molecule has 0 fully saturated rings. The SMILES string of the molecule is Cc1cccc(Cl)c1-c1ccc(C#N)cc1Cl. The largest absolute Gasteiger partial charge is 0.192 e. The van der Waals surface area contributed by atoms with Gasteiger partial charge in [-0.1, -0.05) is 41.4 Å². The lowest BCUT2D eigenvalue weighted by molar-refractivity contribution is 1.44. The van der Waals surface area contributed by atoms with Gasteiger partial charge in [-0.25, -0.2) is 0 Å². The van der Waals surface area contributed by atoms with Crippen molar-refractivity contribution < 1.29 is 0 Å². The summed E-state index contributed by atoms with van der Waals surface area (Å²) in [4.78, 5) is 0. The van der Waals surface area contributed by atoms with Crippen LogP contribution in [0.25, 0.3) is 11.1 Å². The summed E-state index contributed by atoms with van der Waals surface area (Å²) < 4.78 is 0. The normalized spacial score (nSPS) is 10.0. The number of halogens is 2. The van der Waals surface area contributed by atoms with Crippen molar-refractivity contribution in [3.05, 3.63) is 57.6 Å². The topological polar surface area (TPSA) is 23.8 Å². The molecule has 0 aliphatic heterocycles. The summed E-state index contributed by atoms with van der Waals surface area (Å²) in [6.45, 7) is 1.98. The molecular weight excluding hydrogens is 253 g/mol. The molecule has 0 atom stereocenters. The Balaban J connectivity index is 2.66. The molecular formula is C14H9Cl2N. The van der Waals surface area contributed by atoms with Crippen molar-refractivity contribution >= 4 is 23.2 Å². The highest BCUT2D eigenvalue weighted by atomic mass is 35.5. The molecule has 0 saturated heterocycles. The van der Waals surface area contributed by atoms with Crippen molar-refractivity contribution in [2.75, 3.05) is 0 Å². The van der Waals surface area contributed by atoms with Gasteiger partial charge in [0, 0.05) is 21.2 Å². The minimum atomic E-state index is 0.542. The van der Waals surface area contributed by atoms with Crippen molar-refractivity contribution in [2.24, 2.45) is 0 Å². The molecule has 2 rings (SSSR count). The third-order valence-electron chi connectivity index (χ3n) is 2.59. The Morgan fingerprint density at radius 1 is 1.06 bits per heavy atom. The number of rotatable bonds is 1. The van der Waals surface area contributed by atoms with Crippen molar-refractivity contribution in [1.29, 1.82) is 5.26 Å². The molecule has 0 heterocycles. The third-order valence-corrected chi connectivity index (χ3v) is 3.22. The second-order valence-electron chi connectivity index (χ2n) is 3.74. The van der Waals surface area contributed by atoms with Gasteiger partial charge in [-0.15, -0.1) is 0 Å². The minimum absolute atomic E-state index is 0.542. The van der Waals surface area contributed by atoms with E-state index in [4.69, 9.17) is 28.5 Å². The molecule has 84 valence electrons. The van der Waals surface area contributed by atoms with E-state index in [-0.39, 0.29) is 0 Å². The molecule has 0 unspecified atom stereocenters. The predicted molar refractivity (Wildman–Crippen MR) is 71.4 cm³/mol. The van der Waals surface area contributed by atoms with Gasteiger partial charge in [0.15, 0.2) is 0 Å². The van der Waals surface area contributed by atoms with Crippen LogP contribution in [0.4, 0.5) is 0 Å². The summed E-state index contributed by atoms with van der Waals surface area (Å²) >= 11 is 12.4. The maximum absolute atomic E-state index is 8.80. The highest BCUT2D eigenvalue weighted by Crippen LogP contribution is 2.35. The van der Waals surface area contributed by atoms with E-state index in [9.17, 15) is 0 Å². The summed E-state index contributed by atoms with van der Waals surface area (Å²) in [6, 6.07) is 13.0. The first-order valence-electron chi connectivity index (χ1n) is 5.08. The van der Waals surface area contributed by atoms with Crippen LogP contribution < -0.4 is 0 Å². The molecule has 2 aromatic rings. The van der Waals surface area contributed by atoms with Crippen LogP contribution in [-0.4, -0.2) is 0 Å². The maximum Gasteiger partial charge on any atom is 0.0992 e. The van der Waals surface area contributed by atoms with Crippen LogP contribution in [0.1, 0.15) is 11.1 Å². The van der Waals surface area contributed by atoms with Gasteiger partial charge in [0.2, 0.25) is 0 Å². The van der Waals surface area contributed by atoms with Crippen LogP contribution in [0.2, 0.25) is 10.0 Å². The summed E-state index contributed by atoms with van der Waals surface area (Å²) in [5.41, 5.74) is 3.38. The monoisotopic (exact) mass is 261 g/mol. The number of hydrogen-bond donors (Lipinski definition) is 0. The van der Waals surface area contributed by atoms with Crippen molar-refractivity contribution in [3.63, 3.8) is 0 Å². The number of hydrogen-bond acceptors (Lipinski definition) is 1. The lowest BCUT2D eigenvalue weighted by atomic mass is 9.99.